The molecule has 7 heteroatoms. The lowest BCUT2D eigenvalue weighted by Crippen LogP contribution is -2.23. The molecule has 2 heterocycles. The molecular formula is C23H17ClN2O3S. The van der Waals surface area contributed by atoms with Gasteiger partial charge in [0.2, 0.25) is 0 Å². The van der Waals surface area contributed by atoms with Gasteiger partial charge in [0.25, 0.3) is 5.56 Å². The van der Waals surface area contributed by atoms with Crippen molar-refractivity contribution in [3.8, 4) is 35.2 Å². The summed E-state index contributed by atoms with van der Waals surface area (Å²) in [5.41, 5.74) is 1.77. The van der Waals surface area contributed by atoms with Crippen molar-refractivity contribution in [1.29, 1.82) is 0 Å². The number of phenols is 1. The minimum absolute atomic E-state index is 0.0373. The van der Waals surface area contributed by atoms with Gasteiger partial charge in [-0.15, -0.1) is 17.8 Å². The number of rotatable bonds is 4. The molecule has 0 amide bonds. The van der Waals surface area contributed by atoms with Gasteiger partial charge < -0.3 is 9.84 Å². The molecule has 2 aromatic heterocycles. The molecular weight excluding hydrogens is 420 g/mol. The third kappa shape index (κ3) is 2.85. The first-order valence-corrected chi connectivity index (χ1v) is 10.7. The summed E-state index contributed by atoms with van der Waals surface area (Å²) in [5, 5.41) is 11.7. The first kappa shape index (κ1) is 19.0. The summed E-state index contributed by atoms with van der Waals surface area (Å²) in [6.07, 6.45) is 7.78. The van der Waals surface area contributed by atoms with E-state index in [-0.39, 0.29) is 22.9 Å². The summed E-state index contributed by atoms with van der Waals surface area (Å²) in [7, 11) is 1.64. The lowest BCUT2D eigenvalue weighted by molar-refractivity contribution is 0.414. The first-order chi connectivity index (χ1) is 14.5. The van der Waals surface area contributed by atoms with Crippen LogP contribution < -0.4 is 10.3 Å². The van der Waals surface area contributed by atoms with Gasteiger partial charge >= 0.3 is 0 Å². The van der Waals surface area contributed by atoms with Gasteiger partial charge in [0.05, 0.1) is 28.8 Å². The second-order valence-electron chi connectivity index (χ2n) is 7.31. The second-order valence-corrected chi connectivity index (χ2v) is 8.72. The Balaban J connectivity index is 1.86. The van der Waals surface area contributed by atoms with Crippen LogP contribution in [0.2, 0.25) is 5.02 Å². The van der Waals surface area contributed by atoms with Crippen LogP contribution in [0.4, 0.5) is 0 Å². The Labute approximate surface area is 181 Å². The molecule has 0 radical (unpaired) electrons. The molecule has 1 aliphatic carbocycles. The Morgan fingerprint density at radius 1 is 1.37 bits per heavy atom. The van der Waals surface area contributed by atoms with Gasteiger partial charge in [0.15, 0.2) is 5.75 Å². The number of terminal acetylenes is 1. The van der Waals surface area contributed by atoms with E-state index in [9.17, 15) is 9.90 Å². The van der Waals surface area contributed by atoms with Gasteiger partial charge in [-0.1, -0.05) is 23.6 Å². The molecule has 5 rings (SSSR count). The van der Waals surface area contributed by atoms with Gasteiger partial charge in [-0.05, 0) is 48.6 Å². The Bertz CT molecular complexity index is 1430. The lowest BCUT2D eigenvalue weighted by Gasteiger charge is -2.15. The van der Waals surface area contributed by atoms with E-state index in [4.69, 9.17) is 27.7 Å². The van der Waals surface area contributed by atoms with Gasteiger partial charge in [-0.25, -0.2) is 4.98 Å². The van der Waals surface area contributed by atoms with E-state index in [0.29, 0.717) is 32.0 Å². The van der Waals surface area contributed by atoms with Gasteiger partial charge in [-0.2, -0.15) is 0 Å². The number of hydrogen-bond donors (Lipinski definition) is 1. The Morgan fingerprint density at radius 2 is 2.17 bits per heavy atom. The van der Waals surface area contributed by atoms with Crippen LogP contribution >= 0.6 is 22.9 Å². The van der Waals surface area contributed by atoms with Gasteiger partial charge in [-0.3, -0.25) is 9.36 Å². The maximum atomic E-state index is 13.5. The van der Waals surface area contributed by atoms with Crippen molar-refractivity contribution in [3.05, 3.63) is 51.3 Å². The number of methoxy groups -OCH3 is 1. The molecule has 4 aromatic rings. The van der Waals surface area contributed by atoms with Crippen LogP contribution in [0.25, 0.3) is 31.7 Å². The molecule has 5 nitrogen and oxygen atoms in total. The van der Waals surface area contributed by atoms with Crippen molar-refractivity contribution in [1.82, 2.24) is 9.55 Å². The number of halogens is 1. The fourth-order valence-corrected chi connectivity index (χ4v) is 5.16. The van der Waals surface area contributed by atoms with E-state index in [1.807, 2.05) is 18.2 Å². The van der Waals surface area contributed by atoms with Crippen molar-refractivity contribution in [2.24, 2.45) is 0 Å². The summed E-state index contributed by atoms with van der Waals surface area (Å²) >= 11 is 7.32. The van der Waals surface area contributed by atoms with E-state index in [0.717, 1.165) is 29.7 Å². The topological polar surface area (TPSA) is 64.3 Å². The summed E-state index contributed by atoms with van der Waals surface area (Å²) in [6, 6.07) is 9.14. The van der Waals surface area contributed by atoms with E-state index >= 15 is 0 Å². The van der Waals surface area contributed by atoms with E-state index < -0.39 is 0 Å². The fraction of sp³-hybridized carbons (Fsp3) is 0.217. The number of hydrogen-bond acceptors (Lipinski definition) is 5. The van der Waals surface area contributed by atoms with Gasteiger partial charge in [0.1, 0.15) is 16.4 Å². The Kier molecular flexibility index (Phi) is 4.46. The van der Waals surface area contributed by atoms with Crippen molar-refractivity contribution >= 4 is 43.2 Å². The third-order valence-electron chi connectivity index (χ3n) is 5.45. The maximum absolute atomic E-state index is 13.5. The number of ether oxygens (including phenoxy) is 1. The highest BCUT2D eigenvalue weighted by molar-refractivity contribution is 7.25. The molecule has 0 atom stereocenters. The zero-order chi connectivity index (χ0) is 21.0. The predicted octanol–water partition coefficient (Wildman–Crippen LogP) is 5.16. The molecule has 0 spiro atoms. The van der Waals surface area contributed by atoms with E-state index in [1.165, 1.54) is 15.9 Å². The predicted molar refractivity (Wildman–Crippen MR) is 121 cm³/mol. The van der Waals surface area contributed by atoms with Crippen LogP contribution in [-0.4, -0.2) is 21.8 Å². The van der Waals surface area contributed by atoms with Crippen LogP contribution in [0, 0.1) is 12.3 Å². The Morgan fingerprint density at radius 3 is 2.87 bits per heavy atom. The average Bonchev–Trinajstić information content (AvgIpc) is 3.53. The minimum Gasteiger partial charge on any atom is -0.505 e. The standard InChI is InChI=1S/C23H17ClN2O3S/c1-3-10-26-21(14-7-6-13(29-2)11-16(14)12-4-5-12)25-22-18(23(26)28)15-8-9-17(24)19(27)20(15)30-22/h1,6-9,11-12,27H,4-5,10H2,2H3. The van der Waals surface area contributed by atoms with Crippen LogP contribution in [-0.2, 0) is 6.54 Å². The normalized spacial score (nSPS) is 13.6. The molecule has 1 aliphatic rings. The van der Waals surface area contributed by atoms with Crippen LogP contribution in [0.15, 0.2) is 35.1 Å². The highest BCUT2D eigenvalue weighted by Crippen LogP contribution is 2.46. The number of thiophene rings is 1. The zero-order valence-corrected chi connectivity index (χ0v) is 17.7. The Hall–Kier alpha value is -3.01. The number of aromatic nitrogens is 2. The zero-order valence-electron chi connectivity index (χ0n) is 16.1. The van der Waals surface area contributed by atoms with Gasteiger partial charge in [0, 0.05) is 10.9 Å². The lowest BCUT2D eigenvalue weighted by atomic mass is 10.0. The maximum Gasteiger partial charge on any atom is 0.264 e. The van der Waals surface area contributed by atoms with Crippen molar-refractivity contribution in [3.63, 3.8) is 0 Å². The summed E-state index contributed by atoms with van der Waals surface area (Å²) in [6.45, 7) is 0.101. The quantitative estimate of drug-likeness (QED) is 0.449. The van der Waals surface area contributed by atoms with Crippen LogP contribution in [0.3, 0.4) is 0 Å². The van der Waals surface area contributed by atoms with Crippen LogP contribution in [0.5, 0.6) is 11.5 Å². The number of benzene rings is 2. The molecule has 0 saturated heterocycles. The number of aromatic hydroxyl groups is 1. The minimum atomic E-state index is -0.224. The SMILES string of the molecule is C#CCn1c(-c2ccc(OC)cc2C2CC2)nc2sc3c(O)c(Cl)ccc3c2c1=O. The molecule has 0 bridgehead atoms. The first-order valence-electron chi connectivity index (χ1n) is 9.49. The molecule has 150 valence electrons. The molecule has 30 heavy (non-hydrogen) atoms. The van der Waals surface area contributed by atoms with Crippen LogP contribution in [0.1, 0.15) is 24.3 Å². The molecule has 0 aliphatic heterocycles. The molecule has 1 fully saturated rings. The van der Waals surface area contributed by atoms with Crippen molar-refractivity contribution in [2.75, 3.05) is 7.11 Å². The summed E-state index contributed by atoms with van der Waals surface area (Å²) < 4.78 is 7.48. The van der Waals surface area contributed by atoms with Crippen molar-refractivity contribution in [2.45, 2.75) is 25.3 Å². The largest absolute Gasteiger partial charge is 0.505 e. The highest BCUT2D eigenvalue weighted by Gasteiger charge is 2.29. The summed E-state index contributed by atoms with van der Waals surface area (Å²) in [4.78, 5) is 18.9. The molecule has 1 saturated carbocycles. The number of phenolic OH excluding ortho intramolecular Hbond substituents is 1. The smallest absolute Gasteiger partial charge is 0.264 e. The van der Waals surface area contributed by atoms with E-state index in [2.05, 4.69) is 5.92 Å². The van der Waals surface area contributed by atoms with Crippen molar-refractivity contribution < 1.29 is 9.84 Å². The number of nitrogens with zero attached hydrogens (tertiary/aromatic N) is 2. The fourth-order valence-electron chi connectivity index (χ4n) is 3.83. The number of fused-ring (bicyclic) bond motifs is 3. The molecule has 1 N–H and O–H groups in total. The average molecular weight is 437 g/mol. The monoisotopic (exact) mass is 436 g/mol. The molecule has 2 aromatic carbocycles. The highest BCUT2D eigenvalue weighted by atomic mass is 35.5. The third-order valence-corrected chi connectivity index (χ3v) is 6.86. The summed E-state index contributed by atoms with van der Waals surface area (Å²) in [5.74, 6) is 4.27. The van der Waals surface area contributed by atoms with E-state index in [1.54, 1.807) is 19.2 Å². The molecule has 0 unspecified atom stereocenters. The second kappa shape index (κ2) is 7.05.